The van der Waals surface area contributed by atoms with Crippen molar-refractivity contribution in [1.29, 1.82) is 0 Å². The lowest BCUT2D eigenvalue weighted by Gasteiger charge is -2.41. The molecule has 0 bridgehead atoms. The standard InChI is InChI=1S/C32H42ClF3N8O3S/c1-37-28-23(32(34,35)36)16-20(17-24(28)33)18-26(29(45)42-9-2-21(3-10-42)41-13-7-38-8-14-41)40-30(46)43-11-4-22(5-12-43)44-19-27-25(6-15-48-27)39-31(44)47/h6,15-17,21-22,26,37-38H,2-5,7-14,18-19H2,1H3,(H,39,47)(H,40,46)/t26-/m1/s1. The second kappa shape index (κ2) is 14.7. The molecule has 4 aliphatic heterocycles. The second-order valence-corrected chi connectivity index (χ2v) is 14.2. The molecule has 4 N–H and O–H groups in total. The van der Waals surface area contributed by atoms with Gasteiger partial charge in [-0.1, -0.05) is 11.6 Å². The number of benzene rings is 1. The Morgan fingerprint density at radius 3 is 2.35 bits per heavy atom. The van der Waals surface area contributed by atoms with Crippen LogP contribution in [0.5, 0.6) is 0 Å². The van der Waals surface area contributed by atoms with Crippen LogP contribution in [0.3, 0.4) is 0 Å². The van der Waals surface area contributed by atoms with E-state index in [1.807, 2.05) is 11.4 Å². The molecule has 16 heteroatoms. The van der Waals surface area contributed by atoms with Crippen LogP contribution in [0.15, 0.2) is 23.6 Å². The lowest BCUT2D eigenvalue weighted by atomic mass is 9.98. The maximum Gasteiger partial charge on any atom is 0.418 e. The molecule has 6 rings (SSSR count). The number of amides is 5. The normalized spacial score (nSPS) is 20.7. The first kappa shape index (κ1) is 34.6. The minimum atomic E-state index is -4.67. The summed E-state index contributed by atoms with van der Waals surface area (Å²) in [6, 6.07) is 2.91. The van der Waals surface area contributed by atoms with Crippen LogP contribution in [0.4, 0.5) is 34.1 Å². The van der Waals surface area contributed by atoms with E-state index in [0.717, 1.165) is 55.7 Å². The Morgan fingerprint density at radius 1 is 1.02 bits per heavy atom. The van der Waals surface area contributed by atoms with Gasteiger partial charge < -0.3 is 36.0 Å². The summed E-state index contributed by atoms with van der Waals surface area (Å²) in [5.41, 5.74) is -0.134. The molecular formula is C32H42ClF3N8O3S. The van der Waals surface area contributed by atoms with Crippen molar-refractivity contribution in [3.05, 3.63) is 44.6 Å². The molecule has 0 spiro atoms. The summed E-state index contributed by atoms with van der Waals surface area (Å²) in [5, 5.41) is 13.5. The summed E-state index contributed by atoms with van der Waals surface area (Å²) in [6.07, 6.45) is -2.11. The number of piperidine rings is 2. The highest BCUT2D eigenvalue weighted by molar-refractivity contribution is 7.10. The van der Waals surface area contributed by atoms with Crippen molar-refractivity contribution in [2.45, 2.75) is 63.0 Å². The van der Waals surface area contributed by atoms with Gasteiger partial charge in [0, 0.05) is 82.8 Å². The topological polar surface area (TPSA) is 112 Å². The number of urea groups is 2. The van der Waals surface area contributed by atoms with Gasteiger partial charge >= 0.3 is 18.2 Å². The predicted octanol–water partition coefficient (Wildman–Crippen LogP) is 4.49. The van der Waals surface area contributed by atoms with Gasteiger partial charge in [0.2, 0.25) is 5.91 Å². The molecule has 1 atom stereocenters. The Labute approximate surface area is 287 Å². The molecule has 3 fully saturated rings. The SMILES string of the molecule is CNc1c(Cl)cc(C[C@@H](NC(=O)N2CCC(N3Cc4sccc4NC3=O)CC2)C(=O)N2CCC(N3CCNCC3)CC2)cc1C(F)(F)F. The average molecular weight is 711 g/mol. The maximum atomic E-state index is 14.0. The summed E-state index contributed by atoms with van der Waals surface area (Å²) < 4.78 is 42.0. The predicted molar refractivity (Wildman–Crippen MR) is 180 cm³/mol. The van der Waals surface area contributed by atoms with E-state index < -0.39 is 23.8 Å². The summed E-state index contributed by atoms with van der Waals surface area (Å²) in [7, 11) is 1.37. The number of nitrogens with one attached hydrogen (secondary N) is 4. The first-order valence-electron chi connectivity index (χ1n) is 16.5. The quantitative estimate of drug-likeness (QED) is 0.337. The molecule has 0 unspecified atom stereocenters. The van der Waals surface area contributed by atoms with Gasteiger partial charge in [0.15, 0.2) is 0 Å². The lowest BCUT2D eigenvalue weighted by molar-refractivity contribution is -0.137. The number of likely N-dealkylation sites (tertiary alicyclic amines) is 2. The number of nitrogens with zero attached hydrogens (tertiary/aromatic N) is 4. The fourth-order valence-corrected chi connectivity index (χ4v) is 8.48. The zero-order valence-electron chi connectivity index (χ0n) is 26.9. The minimum Gasteiger partial charge on any atom is -0.386 e. The van der Waals surface area contributed by atoms with Crippen LogP contribution in [0.2, 0.25) is 5.02 Å². The highest BCUT2D eigenvalue weighted by atomic mass is 35.5. The molecule has 5 heterocycles. The van der Waals surface area contributed by atoms with Crippen molar-refractivity contribution in [3.63, 3.8) is 0 Å². The Kier molecular flexibility index (Phi) is 10.6. The Bertz CT molecular complexity index is 1490. The third-order valence-corrected chi connectivity index (χ3v) is 11.1. The van der Waals surface area contributed by atoms with Gasteiger partial charge in [-0.15, -0.1) is 11.3 Å². The van der Waals surface area contributed by atoms with Gasteiger partial charge in [0.25, 0.3) is 0 Å². The van der Waals surface area contributed by atoms with Crippen LogP contribution < -0.4 is 21.3 Å². The van der Waals surface area contributed by atoms with E-state index in [4.69, 9.17) is 11.6 Å². The second-order valence-electron chi connectivity index (χ2n) is 12.8. The summed E-state index contributed by atoms with van der Waals surface area (Å²) >= 11 is 7.87. The van der Waals surface area contributed by atoms with Gasteiger partial charge in [0.1, 0.15) is 6.04 Å². The van der Waals surface area contributed by atoms with Crippen LogP contribution in [-0.4, -0.2) is 115 Å². The third kappa shape index (κ3) is 7.63. The molecule has 0 aliphatic carbocycles. The molecule has 48 heavy (non-hydrogen) atoms. The first-order chi connectivity index (χ1) is 23.0. The number of piperazine rings is 1. The minimum absolute atomic E-state index is 0.0488. The third-order valence-electron chi connectivity index (χ3n) is 9.94. The highest BCUT2D eigenvalue weighted by Crippen LogP contribution is 2.40. The number of hydrogen-bond donors (Lipinski definition) is 4. The lowest BCUT2D eigenvalue weighted by Crippen LogP contribution is -2.58. The Balaban J connectivity index is 1.14. The highest BCUT2D eigenvalue weighted by Gasteiger charge is 2.38. The van der Waals surface area contributed by atoms with Crippen molar-refractivity contribution in [2.75, 3.05) is 70.0 Å². The molecule has 3 saturated heterocycles. The van der Waals surface area contributed by atoms with Crippen molar-refractivity contribution >= 4 is 52.3 Å². The fraction of sp³-hybridized carbons (Fsp3) is 0.594. The zero-order chi connectivity index (χ0) is 34.0. The van der Waals surface area contributed by atoms with Crippen LogP contribution in [0.1, 0.15) is 41.7 Å². The molecule has 1 aromatic carbocycles. The van der Waals surface area contributed by atoms with Gasteiger partial charge in [-0.3, -0.25) is 9.69 Å². The molecule has 5 amide bonds. The summed E-state index contributed by atoms with van der Waals surface area (Å²) in [6.45, 7) is 6.04. The monoisotopic (exact) mass is 710 g/mol. The Morgan fingerprint density at radius 2 is 1.69 bits per heavy atom. The number of halogens is 4. The van der Waals surface area contributed by atoms with Crippen molar-refractivity contribution in [3.8, 4) is 0 Å². The molecule has 11 nitrogen and oxygen atoms in total. The number of rotatable bonds is 7. The number of anilines is 2. The van der Waals surface area contributed by atoms with E-state index >= 15 is 0 Å². The molecule has 262 valence electrons. The van der Waals surface area contributed by atoms with Crippen LogP contribution in [-0.2, 0) is 23.9 Å². The van der Waals surface area contributed by atoms with Crippen LogP contribution >= 0.6 is 22.9 Å². The van der Waals surface area contributed by atoms with Gasteiger partial charge in [-0.05, 0) is 54.8 Å². The largest absolute Gasteiger partial charge is 0.418 e. The van der Waals surface area contributed by atoms with Crippen LogP contribution in [0, 0.1) is 0 Å². The number of hydrogen-bond acceptors (Lipinski definition) is 7. The summed E-state index contributed by atoms with van der Waals surface area (Å²) in [5.74, 6) is -0.323. The molecule has 4 aliphatic rings. The van der Waals surface area contributed by atoms with Crippen molar-refractivity contribution in [2.24, 2.45) is 0 Å². The smallest absolute Gasteiger partial charge is 0.386 e. The number of carbonyl (C=O) groups excluding carboxylic acids is 3. The number of carbonyl (C=O) groups is 3. The summed E-state index contributed by atoms with van der Waals surface area (Å²) in [4.78, 5) is 49.1. The van der Waals surface area contributed by atoms with E-state index in [1.165, 1.54) is 13.1 Å². The molecule has 2 aromatic rings. The number of fused-ring (bicyclic) bond motifs is 1. The van der Waals surface area contributed by atoms with E-state index in [-0.39, 0.29) is 40.7 Å². The van der Waals surface area contributed by atoms with E-state index in [2.05, 4.69) is 26.2 Å². The maximum absolute atomic E-state index is 14.0. The first-order valence-corrected chi connectivity index (χ1v) is 17.8. The molecule has 0 saturated carbocycles. The van der Waals surface area contributed by atoms with E-state index in [1.54, 1.807) is 26.0 Å². The van der Waals surface area contributed by atoms with Crippen molar-refractivity contribution in [1.82, 2.24) is 30.2 Å². The van der Waals surface area contributed by atoms with E-state index in [0.29, 0.717) is 51.6 Å². The van der Waals surface area contributed by atoms with Gasteiger partial charge in [-0.2, -0.15) is 13.2 Å². The van der Waals surface area contributed by atoms with Crippen LogP contribution in [0.25, 0.3) is 0 Å². The average Bonchev–Trinajstić information content (AvgIpc) is 3.54. The van der Waals surface area contributed by atoms with Gasteiger partial charge in [-0.25, -0.2) is 9.59 Å². The number of thiophene rings is 1. The van der Waals surface area contributed by atoms with E-state index in [9.17, 15) is 27.6 Å². The Hall–Kier alpha value is -3.27. The molecule has 0 radical (unpaired) electrons. The number of alkyl halides is 3. The van der Waals surface area contributed by atoms with Gasteiger partial charge in [0.05, 0.1) is 28.5 Å². The van der Waals surface area contributed by atoms with Crippen molar-refractivity contribution < 1.29 is 27.6 Å². The fourth-order valence-electron chi connectivity index (χ4n) is 7.32. The molecular weight excluding hydrogens is 669 g/mol. The molecule has 1 aromatic heterocycles. The zero-order valence-corrected chi connectivity index (χ0v) is 28.4.